The summed E-state index contributed by atoms with van der Waals surface area (Å²) in [4.78, 5) is 7.13. The van der Waals surface area contributed by atoms with Crippen molar-refractivity contribution in [3.05, 3.63) is 11.9 Å². The lowest BCUT2D eigenvalue weighted by Gasteiger charge is -2.13. The summed E-state index contributed by atoms with van der Waals surface area (Å²) in [6, 6.07) is 0. The Morgan fingerprint density at radius 2 is 2.08 bits per heavy atom. The zero-order chi connectivity index (χ0) is 9.35. The first-order chi connectivity index (χ1) is 5.41. The summed E-state index contributed by atoms with van der Waals surface area (Å²) in [5.41, 5.74) is 0.974. The van der Waals surface area contributed by atoms with Gasteiger partial charge in [-0.25, -0.2) is 0 Å². The largest absolute Gasteiger partial charge is 0.609 e. The molecule has 0 aliphatic carbocycles. The van der Waals surface area contributed by atoms with E-state index in [1.54, 1.807) is 6.26 Å². The smallest absolute Gasteiger partial charge is 0.320 e. The molecule has 4 heteroatoms. The number of H-pyrrole nitrogens is 1. The third-order valence-electron chi connectivity index (χ3n) is 1.60. The Morgan fingerprint density at radius 1 is 1.50 bits per heavy atom. The number of rotatable bonds is 1. The van der Waals surface area contributed by atoms with E-state index < -0.39 is 11.2 Å². The first-order valence-electron chi connectivity index (χ1n) is 3.80. The number of nitrogens with zero attached hydrogens (tertiary/aromatic N) is 1. The van der Waals surface area contributed by atoms with Crippen molar-refractivity contribution in [3.8, 4) is 0 Å². The van der Waals surface area contributed by atoms with Crippen LogP contribution in [0.4, 0.5) is 0 Å². The van der Waals surface area contributed by atoms with Gasteiger partial charge in [-0.2, -0.15) is 4.98 Å². The molecule has 68 valence electrons. The molecule has 0 spiro atoms. The van der Waals surface area contributed by atoms with E-state index in [-0.39, 0.29) is 5.41 Å². The minimum Gasteiger partial charge on any atom is -0.609 e. The summed E-state index contributed by atoms with van der Waals surface area (Å²) in [5.74, 6) is 0. The highest BCUT2D eigenvalue weighted by Crippen LogP contribution is 2.20. The molecule has 1 aromatic heterocycles. The number of hydrogen-bond acceptors (Lipinski definition) is 2. The van der Waals surface area contributed by atoms with E-state index in [2.05, 4.69) is 30.7 Å². The molecular weight excluding hydrogens is 172 g/mol. The lowest BCUT2D eigenvalue weighted by molar-refractivity contribution is 0.565. The Kier molecular flexibility index (Phi) is 2.49. The summed E-state index contributed by atoms with van der Waals surface area (Å²) in [7, 11) is 0. The van der Waals surface area contributed by atoms with Crippen LogP contribution in [0.3, 0.4) is 0 Å². The van der Waals surface area contributed by atoms with Crippen LogP contribution in [0.15, 0.2) is 11.4 Å². The molecule has 1 rings (SSSR count). The van der Waals surface area contributed by atoms with Gasteiger partial charge in [0.1, 0.15) is 6.26 Å². The van der Waals surface area contributed by atoms with Crippen LogP contribution in [-0.2, 0) is 16.6 Å². The van der Waals surface area contributed by atoms with Crippen molar-refractivity contribution in [1.29, 1.82) is 0 Å². The molecule has 1 atom stereocenters. The topological polar surface area (TPSA) is 51.7 Å². The summed E-state index contributed by atoms with van der Waals surface area (Å²) in [6.07, 6.45) is 3.43. The van der Waals surface area contributed by atoms with Crippen molar-refractivity contribution in [2.24, 2.45) is 0 Å². The van der Waals surface area contributed by atoms with Crippen LogP contribution in [0, 0.1) is 0 Å². The monoisotopic (exact) mass is 186 g/mol. The van der Waals surface area contributed by atoms with E-state index in [0.29, 0.717) is 5.16 Å². The predicted molar refractivity (Wildman–Crippen MR) is 49.6 cm³/mol. The van der Waals surface area contributed by atoms with Crippen LogP contribution in [0.5, 0.6) is 0 Å². The van der Waals surface area contributed by atoms with Crippen molar-refractivity contribution in [1.82, 2.24) is 9.97 Å². The minimum absolute atomic E-state index is 0.0219. The van der Waals surface area contributed by atoms with Crippen LogP contribution in [0.2, 0.25) is 0 Å². The molecule has 0 bridgehead atoms. The van der Waals surface area contributed by atoms with Crippen molar-refractivity contribution in [3.63, 3.8) is 0 Å². The lowest BCUT2D eigenvalue weighted by atomic mass is 9.93. The van der Waals surface area contributed by atoms with Gasteiger partial charge in [0.2, 0.25) is 0 Å². The second kappa shape index (κ2) is 3.11. The number of aromatic amines is 1. The second-order valence-corrected chi connectivity index (χ2v) is 5.09. The number of nitrogens with one attached hydrogen (secondary N) is 1. The van der Waals surface area contributed by atoms with Gasteiger partial charge in [-0.3, -0.25) is 0 Å². The van der Waals surface area contributed by atoms with Crippen LogP contribution < -0.4 is 0 Å². The van der Waals surface area contributed by atoms with E-state index in [9.17, 15) is 4.55 Å². The molecule has 0 fully saturated rings. The molecule has 1 aromatic rings. The highest BCUT2D eigenvalue weighted by molar-refractivity contribution is 7.90. The molecular formula is C8H14N2OS. The molecule has 0 aromatic carbocycles. The maximum Gasteiger partial charge on any atom is 0.320 e. The molecule has 0 saturated heterocycles. The van der Waals surface area contributed by atoms with Crippen LogP contribution >= 0.6 is 0 Å². The Balaban J connectivity index is 2.92. The highest BCUT2D eigenvalue weighted by Gasteiger charge is 2.19. The standard InChI is InChI=1S/C8H14N2OS/c1-8(2,3)6-5-9-7(10-6)12(4)11/h5H,1-4H3,(H,9,10). The van der Waals surface area contributed by atoms with Crippen molar-refractivity contribution in [2.75, 3.05) is 6.26 Å². The molecule has 0 radical (unpaired) electrons. The number of hydrogen-bond donors (Lipinski definition) is 1. The Hall–Kier alpha value is -0.480. The van der Waals surface area contributed by atoms with Gasteiger partial charge in [-0.1, -0.05) is 20.8 Å². The van der Waals surface area contributed by atoms with Crippen LogP contribution in [0.25, 0.3) is 0 Å². The zero-order valence-corrected chi connectivity index (χ0v) is 8.66. The van der Waals surface area contributed by atoms with Crippen molar-refractivity contribution in [2.45, 2.75) is 31.3 Å². The zero-order valence-electron chi connectivity index (χ0n) is 7.84. The van der Waals surface area contributed by atoms with Gasteiger partial charge in [0.15, 0.2) is 0 Å². The molecule has 0 amide bonds. The minimum atomic E-state index is -1.01. The first-order valence-corrected chi connectivity index (χ1v) is 5.36. The fraction of sp³-hybridized carbons (Fsp3) is 0.625. The molecule has 12 heavy (non-hydrogen) atoms. The quantitative estimate of drug-likeness (QED) is 0.675. The Bertz CT molecular complexity index is 262. The van der Waals surface area contributed by atoms with E-state index in [4.69, 9.17) is 0 Å². The molecule has 0 saturated carbocycles. The van der Waals surface area contributed by atoms with Crippen LogP contribution in [0.1, 0.15) is 26.5 Å². The SMILES string of the molecule is C[S+]([O-])c1nc(C(C)(C)C)c[nH]1. The Morgan fingerprint density at radius 3 is 2.33 bits per heavy atom. The van der Waals surface area contributed by atoms with E-state index in [1.807, 2.05) is 6.20 Å². The third-order valence-corrected chi connectivity index (χ3v) is 2.35. The lowest BCUT2D eigenvalue weighted by Crippen LogP contribution is -2.12. The average Bonchev–Trinajstić information content (AvgIpc) is 2.30. The fourth-order valence-electron chi connectivity index (χ4n) is 0.836. The predicted octanol–water partition coefficient (Wildman–Crippen LogP) is 1.44. The summed E-state index contributed by atoms with van der Waals surface area (Å²) >= 11 is -1.01. The molecule has 1 heterocycles. The van der Waals surface area contributed by atoms with Gasteiger partial charge in [0.25, 0.3) is 0 Å². The molecule has 1 N–H and O–H groups in total. The summed E-state index contributed by atoms with van der Waals surface area (Å²) in [6.45, 7) is 6.22. The second-order valence-electron chi connectivity index (χ2n) is 3.79. The number of imidazole rings is 1. The summed E-state index contributed by atoms with van der Waals surface area (Å²) < 4.78 is 11.0. The molecule has 1 unspecified atom stereocenters. The van der Waals surface area contributed by atoms with E-state index in [0.717, 1.165) is 5.69 Å². The van der Waals surface area contributed by atoms with E-state index in [1.165, 1.54) is 0 Å². The van der Waals surface area contributed by atoms with Crippen LogP contribution in [-0.4, -0.2) is 20.8 Å². The van der Waals surface area contributed by atoms with Gasteiger partial charge >= 0.3 is 5.16 Å². The normalized spacial score (nSPS) is 14.8. The fourth-order valence-corrected chi connectivity index (χ4v) is 1.29. The third kappa shape index (κ3) is 2.01. The number of aromatic nitrogens is 2. The van der Waals surface area contributed by atoms with E-state index >= 15 is 0 Å². The van der Waals surface area contributed by atoms with Gasteiger partial charge in [0.05, 0.1) is 5.69 Å². The summed E-state index contributed by atoms with van der Waals surface area (Å²) in [5, 5.41) is 0.555. The van der Waals surface area contributed by atoms with Gasteiger partial charge < -0.3 is 9.54 Å². The maximum atomic E-state index is 11.0. The maximum absolute atomic E-state index is 11.0. The Labute approximate surface area is 75.8 Å². The highest BCUT2D eigenvalue weighted by atomic mass is 32.2. The average molecular weight is 186 g/mol. The van der Waals surface area contributed by atoms with Gasteiger partial charge in [-0.05, 0) is 0 Å². The molecule has 0 aliphatic heterocycles. The van der Waals surface area contributed by atoms with Crippen molar-refractivity contribution >= 4 is 11.2 Å². The van der Waals surface area contributed by atoms with Crippen molar-refractivity contribution < 1.29 is 4.55 Å². The first kappa shape index (κ1) is 9.61. The van der Waals surface area contributed by atoms with Gasteiger partial charge in [-0.15, -0.1) is 0 Å². The molecule has 3 nitrogen and oxygen atoms in total. The molecule has 0 aliphatic rings. The van der Waals surface area contributed by atoms with Gasteiger partial charge in [0, 0.05) is 22.8 Å².